The zero-order valence-electron chi connectivity index (χ0n) is 11.4. The Bertz CT molecular complexity index is 772. The second kappa shape index (κ2) is 5.51. The summed E-state index contributed by atoms with van der Waals surface area (Å²) in [5.74, 6) is -0.303. The lowest BCUT2D eigenvalue weighted by Crippen LogP contribution is -2.34. The molecule has 2 heterocycles. The highest BCUT2D eigenvalue weighted by molar-refractivity contribution is 5.36. The maximum atomic E-state index is 13.0. The molecule has 0 atom stereocenters. The first-order valence-corrected chi connectivity index (χ1v) is 6.80. The highest BCUT2D eigenvalue weighted by Gasteiger charge is 2.17. The summed E-state index contributed by atoms with van der Waals surface area (Å²) in [6.07, 6.45) is 0.747. The van der Waals surface area contributed by atoms with Crippen molar-refractivity contribution in [3.63, 3.8) is 0 Å². The Hall–Kier alpha value is -2.45. The van der Waals surface area contributed by atoms with E-state index >= 15 is 0 Å². The molecule has 0 unspecified atom stereocenters. The van der Waals surface area contributed by atoms with Crippen LogP contribution in [-0.2, 0) is 19.5 Å². The number of fused-ring (bicyclic) bond motifs is 1. The zero-order chi connectivity index (χ0) is 14.8. The first-order valence-electron chi connectivity index (χ1n) is 6.80. The molecule has 2 aromatic rings. The van der Waals surface area contributed by atoms with E-state index in [-0.39, 0.29) is 16.9 Å². The van der Waals surface area contributed by atoms with Crippen molar-refractivity contribution in [3.05, 3.63) is 68.9 Å². The topological polar surface area (TPSA) is 57.8 Å². The predicted octanol–water partition coefficient (Wildman–Crippen LogP) is 1.55. The number of hydrogen-bond donors (Lipinski definition) is 1. The van der Waals surface area contributed by atoms with Crippen molar-refractivity contribution in [2.45, 2.75) is 19.5 Å². The molecule has 1 aromatic carbocycles. The number of nitrogens with one attached hydrogen (secondary N) is 1. The van der Waals surface area contributed by atoms with Crippen LogP contribution in [0.1, 0.15) is 22.4 Å². The van der Waals surface area contributed by atoms with Crippen LogP contribution in [-0.4, -0.2) is 11.1 Å². The first-order chi connectivity index (χ1) is 10.2. The fraction of sp³-hybridized carbons (Fsp3) is 0.250. The summed E-state index contributed by atoms with van der Waals surface area (Å²) in [7, 11) is 0. The van der Waals surface area contributed by atoms with Crippen molar-refractivity contribution in [3.8, 4) is 6.07 Å². The van der Waals surface area contributed by atoms with Gasteiger partial charge in [0.2, 0.25) is 0 Å². The van der Waals surface area contributed by atoms with Gasteiger partial charge in [0.25, 0.3) is 5.56 Å². The summed E-state index contributed by atoms with van der Waals surface area (Å²) in [6.45, 7) is 1.83. The van der Waals surface area contributed by atoms with E-state index in [9.17, 15) is 9.18 Å². The summed E-state index contributed by atoms with van der Waals surface area (Å²) < 4.78 is 14.6. The average molecular weight is 283 g/mol. The van der Waals surface area contributed by atoms with Gasteiger partial charge in [-0.05, 0) is 29.3 Å². The van der Waals surface area contributed by atoms with Gasteiger partial charge < -0.3 is 9.88 Å². The van der Waals surface area contributed by atoms with Crippen molar-refractivity contribution >= 4 is 0 Å². The van der Waals surface area contributed by atoms with Gasteiger partial charge in [0.05, 0.1) is 6.54 Å². The Kier molecular flexibility index (Phi) is 3.55. The SMILES string of the molecule is N#Cc1cc2c(n(Cc3ccc(F)cc3)c1=O)CCNC2. The van der Waals surface area contributed by atoms with Crippen LogP contribution in [0.4, 0.5) is 4.39 Å². The molecule has 3 rings (SSSR count). The normalized spacial score (nSPS) is 13.5. The minimum absolute atomic E-state index is 0.152. The van der Waals surface area contributed by atoms with E-state index in [1.165, 1.54) is 12.1 Å². The first kappa shape index (κ1) is 13.5. The lowest BCUT2D eigenvalue weighted by molar-refractivity contribution is 0.580. The van der Waals surface area contributed by atoms with Gasteiger partial charge in [-0.15, -0.1) is 0 Å². The quantitative estimate of drug-likeness (QED) is 0.910. The second-order valence-corrected chi connectivity index (χ2v) is 5.09. The van der Waals surface area contributed by atoms with Gasteiger partial charge in [-0.25, -0.2) is 4.39 Å². The van der Waals surface area contributed by atoms with Gasteiger partial charge in [-0.2, -0.15) is 5.26 Å². The van der Waals surface area contributed by atoms with Crippen LogP contribution in [0, 0.1) is 17.1 Å². The molecule has 1 N–H and O–H groups in total. The molecule has 106 valence electrons. The van der Waals surface area contributed by atoms with Crippen LogP contribution in [0.25, 0.3) is 0 Å². The molecule has 1 aliphatic heterocycles. The Morgan fingerprint density at radius 1 is 1.33 bits per heavy atom. The third-order valence-electron chi connectivity index (χ3n) is 3.72. The molecule has 21 heavy (non-hydrogen) atoms. The summed E-state index contributed by atoms with van der Waals surface area (Å²) in [5, 5.41) is 12.3. The summed E-state index contributed by atoms with van der Waals surface area (Å²) in [4.78, 5) is 12.4. The van der Waals surface area contributed by atoms with Gasteiger partial charge in [0.15, 0.2) is 0 Å². The van der Waals surface area contributed by atoms with Crippen LogP contribution < -0.4 is 10.9 Å². The number of nitriles is 1. The van der Waals surface area contributed by atoms with Crippen LogP contribution in [0.5, 0.6) is 0 Å². The molecule has 0 aliphatic carbocycles. The maximum absolute atomic E-state index is 13.0. The molecule has 1 aromatic heterocycles. The Labute approximate surface area is 121 Å². The van der Waals surface area contributed by atoms with Crippen molar-refractivity contribution < 1.29 is 4.39 Å². The molecular formula is C16H14FN3O. The summed E-state index contributed by atoms with van der Waals surface area (Å²) in [5.41, 5.74) is 2.66. The molecule has 5 heteroatoms. The molecule has 0 fully saturated rings. The molecule has 0 radical (unpaired) electrons. The van der Waals surface area contributed by atoms with Gasteiger partial charge >= 0.3 is 0 Å². The number of halogens is 1. The number of aromatic nitrogens is 1. The fourth-order valence-corrected chi connectivity index (χ4v) is 2.66. The lowest BCUT2D eigenvalue weighted by Gasteiger charge is -2.22. The van der Waals surface area contributed by atoms with Crippen LogP contribution >= 0.6 is 0 Å². The second-order valence-electron chi connectivity index (χ2n) is 5.09. The Balaban J connectivity index is 2.10. The van der Waals surface area contributed by atoms with E-state index in [0.29, 0.717) is 13.1 Å². The fourth-order valence-electron chi connectivity index (χ4n) is 2.66. The number of rotatable bonds is 2. The van der Waals surface area contributed by atoms with Gasteiger partial charge in [0.1, 0.15) is 17.4 Å². The van der Waals surface area contributed by atoms with Gasteiger partial charge in [-0.3, -0.25) is 4.79 Å². The highest BCUT2D eigenvalue weighted by Crippen LogP contribution is 2.15. The largest absolute Gasteiger partial charge is 0.312 e. The van der Waals surface area contributed by atoms with E-state index < -0.39 is 0 Å². The number of nitrogens with zero attached hydrogens (tertiary/aromatic N) is 2. The maximum Gasteiger partial charge on any atom is 0.268 e. The van der Waals surface area contributed by atoms with Crippen LogP contribution in [0.2, 0.25) is 0 Å². The standard InChI is InChI=1S/C16H14FN3O/c17-14-3-1-11(2-4-14)10-20-15-5-6-19-9-13(15)7-12(8-18)16(20)21/h1-4,7,19H,5-6,9-10H2. The smallest absolute Gasteiger partial charge is 0.268 e. The molecule has 4 nitrogen and oxygen atoms in total. The van der Waals surface area contributed by atoms with E-state index in [1.807, 2.05) is 6.07 Å². The number of pyridine rings is 1. The molecule has 1 aliphatic rings. The molecule has 0 bridgehead atoms. The van der Waals surface area contributed by atoms with Crippen molar-refractivity contribution in [2.75, 3.05) is 6.54 Å². The van der Waals surface area contributed by atoms with E-state index in [0.717, 1.165) is 29.8 Å². The minimum atomic E-state index is -0.303. The Morgan fingerprint density at radius 3 is 2.81 bits per heavy atom. The monoisotopic (exact) mass is 283 g/mol. The van der Waals surface area contributed by atoms with Gasteiger partial charge in [-0.1, -0.05) is 12.1 Å². The number of hydrogen-bond acceptors (Lipinski definition) is 3. The third kappa shape index (κ3) is 2.58. The zero-order valence-corrected chi connectivity index (χ0v) is 11.4. The van der Waals surface area contributed by atoms with Crippen LogP contribution in [0.3, 0.4) is 0 Å². The van der Waals surface area contributed by atoms with E-state index in [2.05, 4.69) is 5.32 Å². The summed E-state index contributed by atoms with van der Waals surface area (Å²) >= 11 is 0. The van der Waals surface area contributed by atoms with E-state index in [4.69, 9.17) is 5.26 Å². The minimum Gasteiger partial charge on any atom is -0.312 e. The number of benzene rings is 1. The molecular weight excluding hydrogens is 269 g/mol. The lowest BCUT2D eigenvalue weighted by atomic mass is 10.0. The van der Waals surface area contributed by atoms with Gasteiger partial charge in [0, 0.05) is 25.2 Å². The van der Waals surface area contributed by atoms with Crippen LogP contribution in [0.15, 0.2) is 35.1 Å². The molecule has 0 saturated heterocycles. The predicted molar refractivity (Wildman–Crippen MR) is 76.3 cm³/mol. The van der Waals surface area contributed by atoms with Crippen molar-refractivity contribution in [1.82, 2.24) is 9.88 Å². The van der Waals surface area contributed by atoms with E-state index in [1.54, 1.807) is 22.8 Å². The highest BCUT2D eigenvalue weighted by atomic mass is 19.1. The molecule has 0 spiro atoms. The average Bonchev–Trinajstić information content (AvgIpc) is 2.51. The third-order valence-corrected chi connectivity index (χ3v) is 3.72. The summed E-state index contributed by atoms with van der Waals surface area (Å²) in [6, 6.07) is 9.71. The van der Waals surface area contributed by atoms with Crippen molar-refractivity contribution in [1.29, 1.82) is 5.26 Å². The molecule has 0 saturated carbocycles. The van der Waals surface area contributed by atoms with Crippen molar-refractivity contribution in [2.24, 2.45) is 0 Å². The molecule has 0 amide bonds. The Morgan fingerprint density at radius 2 is 2.10 bits per heavy atom.